The molecule has 0 atom stereocenters. The van der Waals surface area contributed by atoms with Crippen molar-refractivity contribution in [3.05, 3.63) is 6.92 Å². The molecule has 0 spiro atoms. The van der Waals surface area contributed by atoms with E-state index < -0.39 is 0 Å². The van der Waals surface area contributed by atoms with Gasteiger partial charge in [0.1, 0.15) is 0 Å². The van der Waals surface area contributed by atoms with Gasteiger partial charge in [0.2, 0.25) is 0 Å². The van der Waals surface area contributed by atoms with Gasteiger partial charge in [-0.25, -0.2) is 0 Å². The third-order valence-electron chi connectivity index (χ3n) is 1.45. The van der Waals surface area contributed by atoms with Gasteiger partial charge in [0.25, 0.3) is 0 Å². The van der Waals surface area contributed by atoms with Crippen molar-refractivity contribution in [3.8, 4) is 0 Å². The lowest BCUT2D eigenvalue weighted by Gasteiger charge is -2.13. The Morgan fingerprint density at radius 2 is 1.54 bits per heavy atom. The molecular formula is C9H15O4. The second kappa shape index (κ2) is 6.46. The molecule has 0 amide bonds. The van der Waals surface area contributed by atoms with E-state index in [0.29, 0.717) is 6.42 Å². The summed E-state index contributed by atoms with van der Waals surface area (Å²) in [6.45, 7) is 6.85. The highest BCUT2D eigenvalue weighted by molar-refractivity contribution is 5.66. The van der Waals surface area contributed by atoms with E-state index >= 15 is 0 Å². The molecule has 4 heteroatoms. The molecule has 0 saturated carbocycles. The van der Waals surface area contributed by atoms with Crippen LogP contribution in [0.1, 0.15) is 20.3 Å². The van der Waals surface area contributed by atoms with Crippen molar-refractivity contribution in [1.29, 1.82) is 0 Å². The van der Waals surface area contributed by atoms with Crippen molar-refractivity contribution in [2.45, 2.75) is 20.3 Å². The van der Waals surface area contributed by atoms with E-state index in [1.165, 1.54) is 13.8 Å². The Bertz CT molecular complexity index is 158. The van der Waals surface area contributed by atoms with E-state index in [2.05, 4.69) is 6.92 Å². The van der Waals surface area contributed by atoms with Gasteiger partial charge >= 0.3 is 11.9 Å². The van der Waals surface area contributed by atoms with E-state index in [1.807, 2.05) is 0 Å². The molecule has 0 aliphatic rings. The maximum absolute atomic E-state index is 10.5. The lowest BCUT2D eigenvalue weighted by molar-refractivity contribution is -0.146. The van der Waals surface area contributed by atoms with Gasteiger partial charge in [-0.3, -0.25) is 9.59 Å². The van der Waals surface area contributed by atoms with E-state index in [-0.39, 0.29) is 31.1 Å². The number of ether oxygens (including phenoxy) is 2. The van der Waals surface area contributed by atoms with E-state index in [1.54, 1.807) is 0 Å². The fourth-order valence-electron chi connectivity index (χ4n) is 0.685. The number of hydrogen-bond acceptors (Lipinski definition) is 4. The Morgan fingerprint density at radius 1 is 1.15 bits per heavy atom. The van der Waals surface area contributed by atoms with Crippen molar-refractivity contribution >= 4 is 11.9 Å². The highest BCUT2D eigenvalue weighted by atomic mass is 16.5. The van der Waals surface area contributed by atoms with Crippen LogP contribution in [0, 0.1) is 12.8 Å². The summed E-state index contributed by atoms with van der Waals surface area (Å²) in [5.41, 5.74) is 0. The van der Waals surface area contributed by atoms with Gasteiger partial charge in [0.15, 0.2) is 0 Å². The topological polar surface area (TPSA) is 52.6 Å². The second-order valence-corrected chi connectivity index (χ2v) is 2.76. The highest BCUT2D eigenvalue weighted by Crippen LogP contribution is 2.03. The van der Waals surface area contributed by atoms with Crippen LogP contribution in [0.4, 0.5) is 0 Å². The Hall–Kier alpha value is -1.06. The van der Waals surface area contributed by atoms with Gasteiger partial charge in [-0.2, -0.15) is 0 Å². The molecule has 0 heterocycles. The molecule has 0 N–H and O–H groups in total. The monoisotopic (exact) mass is 187 g/mol. The summed E-state index contributed by atoms with van der Waals surface area (Å²) in [5.74, 6) is -0.671. The minimum absolute atomic E-state index is 0.00667. The molecule has 13 heavy (non-hydrogen) atoms. The van der Waals surface area contributed by atoms with Crippen LogP contribution in [0.15, 0.2) is 0 Å². The van der Waals surface area contributed by atoms with Gasteiger partial charge in [-0.15, -0.1) is 0 Å². The van der Waals surface area contributed by atoms with Crippen LogP contribution in [0.5, 0.6) is 0 Å². The summed E-state index contributed by atoms with van der Waals surface area (Å²) >= 11 is 0. The average molecular weight is 187 g/mol. The summed E-state index contributed by atoms with van der Waals surface area (Å²) < 4.78 is 9.51. The summed E-state index contributed by atoms with van der Waals surface area (Å²) in [6, 6.07) is 0. The quantitative estimate of drug-likeness (QED) is 0.601. The molecule has 0 rings (SSSR count). The summed E-state index contributed by atoms with van der Waals surface area (Å²) in [7, 11) is 0. The molecule has 0 aliphatic heterocycles. The van der Waals surface area contributed by atoms with Gasteiger partial charge in [0, 0.05) is 19.8 Å². The molecule has 0 unspecified atom stereocenters. The van der Waals surface area contributed by atoms with Crippen LogP contribution >= 0.6 is 0 Å². The molecule has 75 valence electrons. The first-order chi connectivity index (χ1) is 6.06. The minimum atomic E-state index is -0.332. The van der Waals surface area contributed by atoms with Crippen molar-refractivity contribution in [1.82, 2.24) is 0 Å². The van der Waals surface area contributed by atoms with E-state index in [9.17, 15) is 9.59 Å². The molecule has 0 aliphatic carbocycles. The molecule has 0 bridgehead atoms. The first-order valence-electron chi connectivity index (χ1n) is 4.12. The summed E-state index contributed by atoms with van der Waals surface area (Å²) in [4.78, 5) is 20.9. The number of rotatable bonds is 5. The molecular weight excluding hydrogens is 172 g/mol. The third kappa shape index (κ3) is 7.31. The fourth-order valence-corrected chi connectivity index (χ4v) is 0.685. The van der Waals surface area contributed by atoms with Crippen LogP contribution in [0.25, 0.3) is 0 Å². The van der Waals surface area contributed by atoms with Crippen molar-refractivity contribution < 1.29 is 19.1 Å². The van der Waals surface area contributed by atoms with Crippen LogP contribution < -0.4 is 0 Å². The van der Waals surface area contributed by atoms with Crippen molar-refractivity contribution in [2.24, 2.45) is 5.92 Å². The van der Waals surface area contributed by atoms with Crippen molar-refractivity contribution in [3.63, 3.8) is 0 Å². The lowest BCUT2D eigenvalue weighted by atomic mass is 10.1. The number of carbonyl (C=O) groups excluding carboxylic acids is 2. The highest BCUT2D eigenvalue weighted by Gasteiger charge is 2.09. The summed E-state index contributed by atoms with van der Waals surface area (Å²) in [5, 5.41) is 0. The fraction of sp³-hybridized carbons (Fsp3) is 0.667. The van der Waals surface area contributed by atoms with Gasteiger partial charge in [-0.1, -0.05) is 6.92 Å². The average Bonchev–Trinajstić information content (AvgIpc) is 2.04. The zero-order valence-corrected chi connectivity index (χ0v) is 8.04. The Balaban J connectivity index is 3.63. The van der Waals surface area contributed by atoms with Gasteiger partial charge < -0.3 is 9.47 Å². The van der Waals surface area contributed by atoms with Crippen LogP contribution in [0.2, 0.25) is 0 Å². The van der Waals surface area contributed by atoms with Gasteiger partial charge in [0.05, 0.1) is 13.2 Å². The van der Waals surface area contributed by atoms with Crippen molar-refractivity contribution in [2.75, 3.05) is 13.2 Å². The lowest BCUT2D eigenvalue weighted by Crippen LogP contribution is -2.18. The zero-order chi connectivity index (χ0) is 10.3. The van der Waals surface area contributed by atoms with Crippen LogP contribution in [-0.4, -0.2) is 25.2 Å². The standard InChI is InChI=1S/C9H15O4/c1-4-9(5-12-7(2)10)6-13-8(3)11/h9H,1,4-6H2,2-3H3. The molecule has 0 aromatic carbocycles. The first-order valence-corrected chi connectivity index (χ1v) is 4.12. The number of carbonyl (C=O) groups is 2. The molecule has 1 radical (unpaired) electrons. The molecule has 0 aromatic heterocycles. The Kier molecular flexibility index (Phi) is 5.93. The molecule has 0 saturated heterocycles. The predicted octanol–water partition coefficient (Wildman–Crippen LogP) is 0.953. The Morgan fingerprint density at radius 3 is 1.77 bits per heavy atom. The summed E-state index contributed by atoms with van der Waals surface area (Å²) in [6.07, 6.45) is 0.570. The minimum Gasteiger partial charge on any atom is -0.465 e. The number of hydrogen-bond donors (Lipinski definition) is 0. The predicted molar refractivity (Wildman–Crippen MR) is 46.7 cm³/mol. The largest absolute Gasteiger partial charge is 0.465 e. The molecule has 4 nitrogen and oxygen atoms in total. The normalized spacial score (nSPS) is 9.85. The Labute approximate surface area is 78.2 Å². The van der Waals surface area contributed by atoms with Crippen LogP contribution in [0.3, 0.4) is 0 Å². The van der Waals surface area contributed by atoms with Gasteiger partial charge in [-0.05, 0) is 6.42 Å². The smallest absolute Gasteiger partial charge is 0.302 e. The SMILES string of the molecule is [CH2]CC(COC(C)=O)COC(C)=O. The van der Waals surface area contributed by atoms with E-state index in [4.69, 9.17) is 9.47 Å². The number of esters is 2. The van der Waals surface area contributed by atoms with E-state index in [0.717, 1.165) is 0 Å². The van der Waals surface area contributed by atoms with Crippen LogP contribution in [-0.2, 0) is 19.1 Å². The zero-order valence-electron chi connectivity index (χ0n) is 8.04. The third-order valence-corrected chi connectivity index (χ3v) is 1.45. The maximum Gasteiger partial charge on any atom is 0.302 e. The maximum atomic E-state index is 10.5. The first kappa shape index (κ1) is 11.9. The second-order valence-electron chi connectivity index (χ2n) is 2.76. The molecule has 0 aromatic rings. The molecule has 0 fully saturated rings.